The maximum absolute atomic E-state index is 12.9. The molecule has 0 saturated carbocycles. The Morgan fingerprint density at radius 1 is 1.04 bits per heavy atom. The number of hydrogen-bond donors (Lipinski definition) is 1. The summed E-state index contributed by atoms with van der Waals surface area (Å²) in [4.78, 5) is 36.4. The molecule has 144 valence electrons. The molecule has 28 heavy (non-hydrogen) atoms. The first-order chi connectivity index (χ1) is 13.4. The molecular weight excluding hydrogens is 384 g/mol. The predicted octanol–water partition coefficient (Wildman–Crippen LogP) is 2.47. The van der Waals surface area contributed by atoms with Gasteiger partial charge in [-0.05, 0) is 35.4 Å². The van der Waals surface area contributed by atoms with Crippen molar-refractivity contribution in [3.63, 3.8) is 0 Å². The van der Waals surface area contributed by atoms with Gasteiger partial charge in [0.25, 0.3) is 5.56 Å². The summed E-state index contributed by atoms with van der Waals surface area (Å²) >= 11 is 5.93. The monoisotopic (exact) mass is 400 g/mol. The molecule has 0 saturated heterocycles. The predicted molar refractivity (Wildman–Crippen MR) is 105 cm³/mol. The van der Waals surface area contributed by atoms with Crippen LogP contribution in [0.3, 0.4) is 0 Å². The van der Waals surface area contributed by atoms with Crippen LogP contribution in [0.15, 0.2) is 64.2 Å². The van der Waals surface area contributed by atoms with E-state index >= 15 is 0 Å². The van der Waals surface area contributed by atoms with Gasteiger partial charge in [0.2, 0.25) is 0 Å². The summed E-state index contributed by atoms with van der Waals surface area (Å²) in [5, 5.41) is 9.55. The molecule has 0 aliphatic rings. The van der Waals surface area contributed by atoms with Crippen molar-refractivity contribution in [3.8, 4) is 17.0 Å². The van der Waals surface area contributed by atoms with Crippen molar-refractivity contribution < 1.29 is 14.6 Å². The highest BCUT2D eigenvalue weighted by atomic mass is 35.5. The Hall–Kier alpha value is -3.32. The molecule has 0 aliphatic carbocycles. The number of carboxylic acids is 1. The van der Waals surface area contributed by atoms with Gasteiger partial charge in [-0.3, -0.25) is 14.2 Å². The van der Waals surface area contributed by atoms with Crippen LogP contribution in [-0.4, -0.2) is 27.3 Å². The number of hydrogen-bond acceptors (Lipinski definition) is 4. The molecular formula is C20H17ClN2O5. The third-order valence-electron chi connectivity index (χ3n) is 4.21. The van der Waals surface area contributed by atoms with Crippen molar-refractivity contribution in [3.05, 3.63) is 86.0 Å². The number of carboxylic acid groups (broad SMARTS) is 1. The third-order valence-corrected chi connectivity index (χ3v) is 4.46. The first-order valence-corrected chi connectivity index (χ1v) is 8.72. The third kappa shape index (κ3) is 4.15. The van der Waals surface area contributed by atoms with Crippen LogP contribution in [0.1, 0.15) is 5.56 Å². The van der Waals surface area contributed by atoms with Crippen molar-refractivity contribution >= 4 is 17.6 Å². The van der Waals surface area contributed by atoms with Gasteiger partial charge < -0.3 is 9.84 Å². The number of ether oxygens (including phenoxy) is 1. The summed E-state index contributed by atoms with van der Waals surface area (Å²) in [5.41, 5.74) is 0.413. The van der Waals surface area contributed by atoms with Crippen LogP contribution >= 0.6 is 11.6 Å². The van der Waals surface area contributed by atoms with E-state index in [1.165, 1.54) is 10.6 Å². The van der Waals surface area contributed by atoms with E-state index < -0.39 is 23.8 Å². The van der Waals surface area contributed by atoms with E-state index in [9.17, 15) is 14.4 Å². The number of halogens is 1. The largest absolute Gasteiger partial charge is 0.497 e. The molecule has 1 heterocycles. The van der Waals surface area contributed by atoms with Crippen LogP contribution < -0.4 is 16.0 Å². The lowest BCUT2D eigenvalue weighted by atomic mass is 10.1. The lowest BCUT2D eigenvalue weighted by Gasteiger charge is -2.15. The van der Waals surface area contributed by atoms with E-state index in [1.807, 2.05) is 0 Å². The van der Waals surface area contributed by atoms with Gasteiger partial charge >= 0.3 is 11.7 Å². The van der Waals surface area contributed by atoms with Crippen molar-refractivity contribution in [2.45, 2.75) is 13.1 Å². The number of rotatable bonds is 6. The van der Waals surface area contributed by atoms with Gasteiger partial charge in [0.15, 0.2) is 0 Å². The average Bonchev–Trinajstić information content (AvgIpc) is 2.68. The molecule has 3 rings (SSSR count). The lowest BCUT2D eigenvalue weighted by molar-refractivity contribution is -0.137. The Bertz CT molecular complexity index is 1120. The molecule has 0 spiro atoms. The van der Waals surface area contributed by atoms with E-state index in [1.54, 1.807) is 55.6 Å². The van der Waals surface area contributed by atoms with E-state index in [2.05, 4.69) is 0 Å². The smallest absolute Gasteiger partial charge is 0.332 e. The van der Waals surface area contributed by atoms with Crippen molar-refractivity contribution in [2.75, 3.05) is 7.11 Å². The normalized spacial score (nSPS) is 10.6. The first kappa shape index (κ1) is 19.4. The van der Waals surface area contributed by atoms with E-state index in [4.69, 9.17) is 21.4 Å². The quantitative estimate of drug-likeness (QED) is 0.686. The molecule has 1 N–H and O–H groups in total. The van der Waals surface area contributed by atoms with Gasteiger partial charge in [-0.2, -0.15) is 0 Å². The molecule has 7 nitrogen and oxygen atoms in total. The van der Waals surface area contributed by atoms with E-state index in [0.717, 1.165) is 5.56 Å². The lowest BCUT2D eigenvalue weighted by Crippen LogP contribution is -2.42. The zero-order valence-electron chi connectivity index (χ0n) is 15.0. The second-order valence-corrected chi connectivity index (χ2v) is 6.51. The fraction of sp³-hybridized carbons (Fsp3) is 0.150. The Balaban J connectivity index is 2.17. The maximum atomic E-state index is 12.9. The van der Waals surface area contributed by atoms with Crippen LogP contribution in [0.25, 0.3) is 11.3 Å². The van der Waals surface area contributed by atoms with Crippen LogP contribution in [0.2, 0.25) is 5.02 Å². The molecule has 0 atom stereocenters. The number of nitrogens with zero attached hydrogens (tertiary/aromatic N) is 2. The SMILES string of the molecule is COc1ccc(Cn2c(-c3ccc(Cl)cc3)cc(=O)n(CC(=O)O)c2=O)cc1. The van der Waals surface area contributed by atoms with Crippen molar-refractivity contribution in [2.24, 2.45) is 0 Å². The zero-order valence-corrected chi connectivity index (χ0v) is 15.7. The molecule has 0 bridgehead atoms. The average molecular weight is 401 g/mol. The minimum atomic E-state index is -1.27. The standard InChI is InChI=1S/C20H17ClN2O5/c1-28-16-8-2-13(3-9-16)11-22-17(14-4-6-15(21)7-5-14)10-18(24)23(20(22)27)12-19(25)26/h2-10H,11-12H2,1H3,(H,25,26). The molecule has 3 aromatic rings. The summed E-state index contributed by atoms with van der Waals surface area (Å²) in [6, 6.07) is 15.1. The number of aromatic nitrogens is 2. The molecule has 8 heteroatoms. The maximum Gasteiger partial charge on any atom is 0.332 e. The summed E-state index contributed by atoms with van der Waals surface area (Å²) in [5.74, 6) is -0.598. The highest BCUT2D eigenvalue weighted by Gasteiger charge is 2.15. The Morgan fingerprint density at radius 2 is 1.68 bits per heavy atom. The minimum Gasteiger partial charge on any atom is -0.497 e. The van der Waals surface area contributed by atoms with Crippen LogP contribution in [0.5, 0.6) is 5.75 Å². The summed E-state index contributed by atoms with van der Waals surface area (Å²) in [6.07, 6.45) is 0. The Labute approximate surface area is 165 Å². The second kappa shape index (κ2) is 8.14. The first-order valence-electron chi connectivity index (χ1n) is 8.34. The van der Waals surface area contributed by atoms with E-state index in [-0.39, 0.29) is 6.54 Å². The minimum absolute atomic E-state index is 0.153. The summed E-state index contributed by atoms with van der Waals surface area (Å²) in [7, 11) is 1.56. The fourth-order valence-electron chi connectivity index (χ4n) is 2.82. The highest BCUT2D eigenvalue weighted by Crippen LogP contribution is 2.21. The van der Waals surface area contributed by atoms with Gasteiger partial charge in [-0.1, -0.05) is 35.9 Å². The van der Waals surface area contributed by atoms with Crippen LogP contribution in [0.4, 0.5) is 0 Å². The van der Waals surface area contributed by atoms with Crippen molar-refractivity contribution in [1.82, 2.24) is 9.13 Å². The number of aliphatic carboxylic acids is 1. The molecule has 0 amide bonds. The molecule has 0 unspecified atom stereocenters. The molecule has 0 aliphatic heterocycles. The second-order valence-electron chi connectivity index (χ2n) is 6.07. The van der Waals surface area contributed by atoms with Gasteiger partial charge in [-0.15, -0.1) is 0 Å². The number of carbonyl (C=O) groups is 1. The Morgan fingerprint density at radius 3 is 2.25 bits per heavy atom. The summed E-state index contributed by atoms with van der Waals surface area (Å²) in [6.45, 7) is -0.554. The zero-order chi connectivity index (χ0) is 20.3. The topological polar surface area (TPSA) is 90.5 Å². The fourth-order valence-corrected chi connectivity index (χ4v) is 2.95. The van der Waals surface area contributed by atoms with Gasteiger partial charge in [0.1, 0.15) is 12.3 Å². The molecule has 0 fully saturated rings. The van der Waals surface area contributed by atoms with Gasteiger partial charge in [-0.25, -0.2) is 9.36 Å². The number of methoxy groups -OCH3 is 1. The highest BCUT2D eigenvalue weighted by molar-refractivity contribution is 6.30. The van der Waals surface area contributed by atoms with Gasteiger partial charge in [0, 0.05) is 11.1 Å². The molecule has 0 radical (unpaired) electrons. The molecule has 2 aromatic carbocycles. The van der Waals surface area contributed by atoms with Crippen molar-refractivity contribution in [1.29, 1.82) is 0 Å². The molecule has 1 aromatic heterocycles. The van der Waals surface area contributed by atoms with Gasteiger partial charge in [0.05, 0.1) is 19.3 Å². The Kier molecular flexibility index (Phi) is 5.65. The van der Waals surface area contributed by atoms with Crippen LogP contribution in [0, 0.1) is 0 Å². The summed E-state index contributed by atoms with van der Waals surface area (Å²) < 4.78 is 7.20. The van der Waals surface area contributed by atoms with E-state index in [0.29, 0.717) is 26.6 Å². The van der Waals surface area contributed by atoms with Crippen LogP contribution in [-0.2, 0) is 17.9 Å². The number of benzene rings is 2.